The molecule has 1 aliphatic rings. The van der Waals surface area contributed by atoms with Crippen molar-refractivity contribution in [3.63, 3.8) is 0 Å². The van der Waals surface area contributed by atoms with Crippen LogP contribution >= 0.6 is 0 Å². The first-order valence-electron chi connectivity index (χ1n) is 8.58. The van der Waals surface area contributed by atoms with E-state index in [2.05, 4.69) is 25.2 Å². The second kappa shape index (κ2) is 7.31. The summed E-state index contributed by atoms with van der Waals surface area (Å²) in [6, 6.07) is 15.8. The maximum absolute atomic E-state index is 12.3. The standard InChI is InChI=1S/C20H19N5O/c26-20(22-11-15-5-4-8-21-10-15)17-12-25(13-17)19-9-18(23-14-24-19)16-6-2-1-3-7-16/h1-10,14,17H,11-13H2,(H,22,26). The van der Waals surface area contributed by atoms with Crippen molar-refractivity contribution in [2.75, 3.05) is 18.0 Å². The molecular formula is C20H19N5O. The first-order chi connectivity index (χ1) is 12.8. The second-order valence-electron chi connectivity index (χ2n) is 6.31. The van der Waals surface area contributed by atoms with E-state index >= 15 is 0 Å². The van der Waals surface area contributed by atoms with Gasteiger partial charge in [-0.2, -0.15) is 0 Å². The van der Waals surface area contributed by atoms with E-state index < -0.39 is 0 Å². The lowest BCUT2D eigenvalue weighted by molar-refractivity contribution is -0.125. The van der Waals surface area contributed by atoms with Crippen molar-refractivity contribution < 1.29 is 4.79 Å². The maximum atomic E-state index is 12.3. The number of aromatic nitrogens is 3. The molecule has 0 spiro atoms. The highest BCUT2D eigenvalue weighted by molar-refractivity contribution is 5.81. The third-order valence-electron chi connectivity index (χ3n) is 4.49. The number of hydrogen-bond donors (Lipinski definition) is 1. The molecule has 1 aliphatic heterocycles. The number of benzene rings is 1. The van der Waals surface area contributed by atoms with Gasteiger partial charge in [-0.1, -0.05) is 36.4 Å². The van der Waals surface area contributed by atoms with E-state index in [9.17, 15) is 4.79 Å². The lowest BCUT2D eigenvalue weighted by Crippen LogP contribution is -2.54. The molecule has 1 amide bonds. The first-order valence-corrected chi connectivity index (χ1v) is 8.58. The molecule has 130 valence electrons. The van der Waals surface area contributed by atoms with Crippen LogP contribution in [0.2, 0.25) is 0 Å². The Morgan fingerprint density at radius 2 is 1.96 bits per heavy atom. The van der Waals surface area contributed by atoms with Gasteiger partial charge in [-0.25, -0.2) is 9.97 Å². The SMILES string of the molecule is O=C(NCc1cccnc1)C1CN(c2cc(-c3ccccc3)ncn2)C1. The zero-order valence-electron chi connectivity index (χ0n) is 14.2. The average molecular weight is 345 g/mol. The van der Waals surface area contributed by atoms with Crippen LogP contribution < -0.4 is 10.2 Å². The first kappa shape index (κ1) is 16.2. The van der Waals surface area contributed by atoms with Gasteiger partial charge in [-0.05, 0) is 11.6 Å². The topological polar surface area (TPSA) is 71.0 Å². The zero-order valence-corrected chi connectivity index (χ0v) is 14.2. The molecule has 2 aromatic heterocycles. The van der Waals surface area contributed by atoms with Gasteiger partial charge in [0.1, 0.15) is 12.1 Å². The number of carbonyl (C=O) groups is 1. The Kier molecular flexibility index (Phi) is 4.55. The fourth-order valence-electron chi connectivity index (χ4n) is 2.95. The predicted molar refractivity (Wildman–Crippen MR) is 99.3 cm³/mol. The van der Waals surface area contributed by atoms with Crippen molar-refractivity contribution >= 4 is 11.7 Å². The summed E-state index contributed by atoms with van der Waals surface area (Å²) in [6.45, 7) is 1.85. The fourth-order valence-corrected chi connectivity index (χ4v) is 2.95. The van der Waals surface area contributed by atoms with E-state index in [1.54, 1.807) is 18.7 Å². The summed E-state index contributed by atoms with van der Waals surface area (Å²) in [6.07, 6.45) is 5.06. The molecule has 1 saturated heterocycles. The van der Waals surface area contributed by atoms with Crippen LogP contribution in [-0.4, -0.2) is 33.9 Å². The van der Waals surface area contributed by atoms with Crippen LogP contribution in [0, 0.1) is 5.92 Å². The molecule has 0 saturated carbocycles. The molecular weight excluding hydrogens is 326 g/mol. The van der Waals surface area contributed by atoms with Gasteiger partial charge in [0, 0.05) is 43.7 Å². The molecule has 1 aromatic carbocycles. The van der Waals surface area contributed by atoms with Crippen molar-refractivity contribution in [2.45, 2.75) is 6.54 Å². The van der Waals surface area contributed by atoms with Crippen molar-refractivity contribution in [1.29, 1.82) is 0 Å². The minimum Gasteiger partial charge on any atom is -0.355 e. The largest absolute Gasteiger partial charge is 0.355 e. The van der Waals surface area contributed by atoms with Gasteiger partial charge in [0.05, 0.1) is 11.6 Å². The smallest absolute Gasteiger partial charge is 0.226 e. The Morgan fingerprint density at radius 1 is 1.12 bits per heavy atom. The van der Waals surface area contributed by atoms with Crippen molar-refractivity contribution in [3.8, 4) is 11.3 Å². The van der Waals surface area contributed by atoms with Gasteiger partial charge in [-0.3, -0.25) is 9.78 Å². The Labute approximate surface area is 151 Å². The minimum absolute atomic E-state index is 0.0122. The molecule has 3 heterocycles. The molecule has 3 aromatic rings. The highest BCUT2D eigenvalue weighted by Crippen LogP contribution is 2.26. The number of amides is 1. The number of hydrogen-bond acceptors (Lipinski definition) is 5. The van der Waals surface area contributed by atoms with E-state index in [0.29, 0.717) is 19.6 Å². The van der Waals surface area contributed by atoms with Gasteiger partial charge < -0.3 is 10.2 Å². The number of nitrogens with zero attached hydrogens (tertiary/aromatic N) is 4. The summed E-state index contributed by atoms with van der Waals surface area (Å²) >= 11 is 0. The van der Waals surface area contributed by atoms with E-state index in [-0.39, 0.29) is 11.8 Å². The molecule has 1 N–H and O–H groups in total. The van der Waals surface area contributed by atoms with Crippen molar-refractivity contribution in [3.05, 3.63) is 72.8 Å². The number of nitrogens with one attached hydrogen (secondary N) is 1. The molecule has 4 rings (SSSR count). The zero-order chi connectivity index (χ0) is 17.8. The van der Waals surface area contributed by atoms with Crippen LogP contribution in [0.3, 0.4) is 0 Å². The average Bonchev–Trinajstić information content (AvgIpc) is 2.67. The molecule has 26 heavy (non-hydrogen) atoms. The normalized spacial score (nSPS) is 13.9. The van der Waals surface area contributed by atoms with E-state index in [0.717, 1.165) is 22.6 Å². The van der Waals surface area contributed by atoms with Crippen LogP contribution in [0.1, 0.15) is 5.56 Å². The summed E-state index contributed by atoms with van der Waals surface area (Å²) in [7, 11) is 0. The summed E-state index contributed by atoms with van der Waals surface area (Å²) in [5.41, 5.74) is 2.95. The lowest BCUT2D eigenvalue weighted by atomic mass is 9.99. The molecule has 6 heteroatoms. The van der Waals surface area contributed by atoms with Crippen LogP contribution in [0.15, 0.2) is 67.3 Å². The number of rotatable bonds is 5. The summed E-state index contributed by atoms with van der Waals surface area (Å²) in [4.78, 5) is 27.1. The van der Waals surface area contributed by atoms with Crippen LogP contribution in [0.4, 0.5) is 5.82 Å². The third kappa shape index (κ3) is 3.54. The quantitative estimate of drug-likeness (QED) is 0.768. The Bertz CT molecular complexity index is 879. The van der Waals surface area contributed by atoms with E-state index in [4.69, 9.17) is 0 Å². The second-order valence-corrected chi connectivity index (χ2v) is 6.31. The molecule has 0 aliphatic carbocycles. The molecule has 0 bridgehead atoms. The summed E-state index contributed by atoms with van der Waals surface area (Å²) < 4.78 is 0. The van der Waals surface area contributed by atoms with E-state index in [1.165, 1.54) is 0 Å². The highest BCUT2D eigenvalue weighted by Gasteiger charge is 2.33. The number of anilines is 1. The maximum Gasteiger partial charge on any atom is 0.226 e. The Balaban J connectivity index is 1.34. The van der Waals surface area contributed by atoms with Crippen LogP contribution in [-0.2, 0) is 11.3 Å². The molecule has 0 atom stereocenters. The molecule has 0 radical (unpaired) electrons. The number of carbonyl (C=O) groups excluding carboxylic acids is 1. The summed E-state index contributed by atoms with van der Waals surface area (Å²) in [5.74, 6) is 0.916. The third-order valence-corrected chi connectivity index (χ3v) is 4.49. The minimum atomic E-state index is -0.0122. The predicted octanol–water partition coefficient (Wildman–Crippen LogP) is 2.29. The highest BCUT2D eigenvalue weighted by atomic mass is 16.2. The molecule has 1 fully saturated rings. The molecule has 6 nitrogen and oxygen atoms in total. The van der Waals surface area contributed by atoms with Crippen molar-refractivity contribution in [2.24, 2.45) is 5.92 Å². The van der Waals surface area contributed by atoms with Gasteiger partial charge in [-0.15, -0.1) is 0 Å². The monoisotopic (exact) mass is 345 g/mol. The van der Waals surface area contributed by atoms with Gasteiger partial charge >= 0.3 is 0 Å². The van der Waals surface area contributed by atoms with Crippen LogP contribution in [0.5, 0.6) is 0 Å². The number of pyridine rings is 1. The van der Waals surface area contributed by atoms with E-state index in [1.807, 2.05) is 48.5 Å². The Hall–Kier alpha value is -3.28. The van der Waals surface area contributed by atoms with Crippen molar-refractivity contribution in [1.82, 2.24) is 20.3 Å². The van der Waals surface area contributed by atoms with Gasteiger partial charge in [0.15, 0.2) is 0 Å². The molecule has 0 unspecified atom stereocenters. The fraction of sp³-hybridized carbons (Fsp3) is 0.200. The summed E-state index contributed by atoms with van der Waals surface area (Å²) in [5, 5.41) is 2.97. The Morgan fingerprint density at radius 3 is 2.73 bits per heavy atom. The van der Waals surface area contributed by atoms with Gasteiger partial charge in [0.25, 0.3) is 0 Å². The van der Waals surface area contributed by atoms with Crippen LogP contribution in [0.25, 0.3) is 11.3 Å². The van der Waals surface area contributed by atoms with Gasteiger partial charge in [0.2, 0.25) is 5.91 Å². The lowest BCUT2D eigenvalue weighted by Gasteiger charge is -2.39.